The van der Waals surface area contributed by atoms with E-state index in [9.17, 15) is 4.79 Å². The van der Waals surface area contributed by atoms with Gasteiger partial charge in [-0.25, -0.2) is 0 Å². The number of halogens is 2. The number of hydrogen-bond acceptors (Lipinski definition) is 2. The Morgan fingerprint density at radius 2 is 1.75 bits per heavy atom. The van der Waals surface area contributed by atoms with Gasteiger partial charge in [-0.2, -0.15) is 0 Å². The second-order valence-corrected chi connectivity index (χ2v) is 5.56. The molecule has 0 radical (unpaired) electrons. The molecule has 0 saturated carbocycles. The Balaban J connectivity index is 1.94. The van der Waals surface area contributed by atoms with Crippen LogP contribution in [0.4, 0.5) is 5.69 Å². The molecule has 1 atom stereocenters. The molecule has 5 heteroatoms. The number of hydrogen-bond donors (Lipinski definition) is 1. The highest BCUT2D eigenvalue weighted by Gasteiger charge is 2.14. The van der Waals surface area contributed by atoms with Crippen molar-refractivity contribution in [3.8, 4) is 5.75 Å². The first-order valence-corrected chi connectivity index (χ1v) is 7.20. The van der Waals surface area contributed by atoms with Crippen molar-refractivity contribution in [2.75, 3.05) is 5.32 Å². The van der Waals surface area contributed by atoms with Gasteiger partial charge < -0.3 is 10.1 Å². The molecular formula is C15H13BrClNO2. The van der Waals surface area contributed by atoms with Crippen LogP contribution in [-0.2, 0) is 4.79 Å². The molecule has 3 nitrogen and oxygen atoms in total. The fourth-order valence-electron chi connectivity index (χ4n) is 1.55. The van der Waals surface area contributed by atoms with E-state index in [0.29, 0.717) is 10.8 Å². The van der Waals surface area contributed by atoms with E-state index in [1.807, 2.05) is 24.3 Å². The molecule has 2 aromatic carbocycles. The van der Waals surface area contributed by atoms with Crippen LogP contribution in [0.25, 0.3) is 0 Å². The summed E-state index contributed by atoms with van der Waals surface area (Å²) < 4.78 is 6.51. The van der Waals surface area contributed by atoms with Gasteiger partial charge in [0.25, 0.3) is 5.91 Å². The third-order valence-corrected chi connectivity index (χ3v) is 3.39. The van der Waals surface area contributed by atoms with Gasteiger partial charge in [0, 0.05) is 15.2 Å². The molecule has 1 amide bonds. The Morgan fingerprint density at radius 1 is 1.15 bits per heavy atom. The zero-order valence-electron chi connectivity index (χ0n) is 10.8. The smallest absolute Gasteiger partial charge is 0.265 e. The number of rotatable bonds is 4. The summed E-state index contributed by atoms with van der Waals surface area (Å²) in [5.41, 5.74) is 0.727. The maximum atomic E-state index is 12.0. The minimum absolute atomic E-state index is 0.206. The van der Waals surface area contributed by atoms with Crippen LogP contribution < -0.4 is 10.1 Å². The minimum atomic E-state index is -0.597. The summed E-state index contributed by atoms with van der Waals surface area (Å²) >= 11 is 9.13. The van der Waals surface area contributed by atoms with Crippen LogP contribution in [-0.4, -0.2) is 12.0 Å². The van der Waals surface area contributed by atoms with Gasteiger partial charge in [-0.05, 0) is 55.5 Å². The normalized spacial score (nSPS) is 11.8. The number of anilines is 1. The minimum Gasteiger partial charge on any atom is -0.481 e. The van der Waals surface area contributed by atoms with E-state index in [1.165, 1.54) is 0 Å². The highest BCUT2D eigenvalue weighted by atomic mass is 79.9. The predicted octanol–water partition coefficient (Wildman–Crippen LogP) is 4.51. The first kappa shape index (κ1) is 14.9. The molecule has 0 aliphatic heterocycles. The van der Waals surface area contributed by atoms with Crippen molar-refractivity contribution in [1.82, 2.24) is 0 Å². The number of benzene rings is 2. The van der Waals surface area contributed by atoms with Gasteiger partial charge in [0.05, 0.1) is 0 Å². The zero-order chi connectivity index (χ0) is 14.5. The van der Waals surface area contributed by atoms with E-state index in [-0.39, 0.29) is 5.91 Å². The second kappa shape index (κ2) is 6.77. The van der Waals surface area contributed by atoms with E-state index in [0.717, 1.165) is 10.2 Å². The van der Waals surface area contributed by atoms with Crippen molar-refractivity contribution >= 4 is 39.1 Å². The summed E-state index contributed by atoms with van der Waals surface area (Å²) in [4.78, 5) is 12.0. The van der Waals surface area contributed by atoms with E-state index < -0.39 is 6.10 Å². The van der Waals surface area contributed by atoms with Crippen molar-refractivity contribution in [1.29, 1.82) is 0 Å². The van der Waals surface area contributed by atoms with Crippen LogP contribution in [0.15, 0.2) is 53.0 Å². The quantitative estimate of drug-likeness (QED) is 0.877. The SMILES string of the molecule is C[C@H](Oc1ccc(Cl)cc1)C(=O)Nc1ccc(Br)cc1. The van der Waals surface area contributed by atoms with Gasteiger partial charge in [0.2, 0.25) is 0 Å². The van der Waals surface area contributed by atoms with Crippen molar-refractivity contribution < 1.29 is 9.53 Å². The van der Waals surface area contributed by atoms with E-state index >= 15 is 0 Å². The van der Waals surface area contributed by atoms with E-state index in [2.05, 4.69) is 21.2 Å². The summed E-state index contributed by atoms with van der Waals surface area (Å²) in [7, 11) is 0. The van der Waals surface area contributed by atoms with Gasteiger partial charge in [0.15, 0.2) is 6.10 Å². The lowest BCUT2D eigenvalue weighted by Crippen LogP contribution is -2.30. The maximum Gasteiger partial charge on any atom is 0.265 e. The van der Waals surface area contributed by atoms with E-state index in [4.69, 9.17) is 16.3 Å². The first-order valence-electron chi connectivity index (χ1n) is 6.03. The van der Waals surface area contributed by atoms with Gasteiger partial charge in [-0.1, -0.05) is 27.5 Å². The van der Waals surface area contributed by atoms with Crippen LogP contribution in [0.1, 0.15) is 6.92 Å². The monoisotopic (exact) mass is 353 g/mol. The molecule has 2 rings (SSSR count). The predicted molar refractivity (Wildman–Crippen MR) is 84.3 cm³/mol. The fourth-order valence-corrected chi connectivity index (χ4v) is 1.94. The Kier molecular flexibility index (Phi) is 5.04. The molecule has 1 N–H and O–H groups in total. The number of carbonyl (C=O) groups excluding carboxylic acids is 1. The number of amides is 1. The summed E-state index contributed by atoms with van der Waals surface area (Å²) in [6.07, 6.45) is -0.597. The van der Waals surface area contributed by atoms with Crippen LogP contribution in [0.5, 0.6) is 5.75 Å². The van der Waals surface area contributed by atoms with Crippen molar-refractivity contribution in [3.63, 3.8) is 0 Å². The molecule has 104 valence electrons. The van der Waals surface area contributed by atoms with Crippen LogP contribution >= 0.6 is 27.5 Å². The third kappa shape index (κ3) is 4.25. The van der Waals surface area contributed by atoms with Gasteiger partial charge in [0.1, 0.15) is 5.75 Å². The molecule has 0 heterocycles. The van der Waals surface area contributed by atoms with Crippen LogP contribution in [0.2, 0.25) is 5.02 Å². The van der Waals surface area contributed by atoms with Gasteiger partial charge in [-0.3, -0.25) is 4.79 Å². The Labute approximate surface area is 131 Å². The first-order chi connectivity index (χ1) is 9.54. The molecular weight excluding hydrogens is 342 g/mol. The average molecular weight is 355 g/mol. The number of ether oxygens (including phenoxy) is 1. The Hall–Kier alpha value is -1.52. The van der Waals surface area contributed by atoms with Gasteiger partial charge in [-0.15, -0.1) is 0 Å². The summed E-state index contributed by atoms with van der Waals surface area (Å²) in [5.74, 6) is 0.398. The number of nitrogens with one attached hydrogen (secondary N) is 1. The average Bonchev–Trinajstić information content (AvgIpc) is 2.44. The molecule has 0 aromatic heterocycles. The molecule has 20 heavy (non-hydrogen) atoms. The summed E-state index contributed by atoms with van der Waals surface area (Å²) in [5, 5.41) is 3.42. The molecule has 0 saturated heterocycles. The standard InChI is InChI=1S/C15H13BrClNO2/c1-10(20-14-8-4-12(17)5-9-14)15(19)18-13-6-2-11(16)3-7-13/h2-10H,1H3,(H,18,19)/t10-/m0/s1. The molecule has 2 aromatic rings. The molecule has 0 aliphatic carbocycles. The number of carbonyl (C=O) groups is 1. The highest BCUT2D eigenvalue weighted by Crippen LogP contribution is 2.18. The molecule has 0 aliphatic rings. The molecule has 0 fully saturated rings. The van der Waals surface area contributed by atoms with Crippen LogP contribution in [0.3, 0.4) is 0 Å². The summed E-state index contributed by atoms with van der Waals surface area (Å²) in [6.45, 7) is 1.70. The molecule has 0 bridgehead atoms. The summed E-state index contributed by atoms with van der Waals surface area (Å²) in [6, 6.07) is 14.2. The highest BCUT2D eigenvalue weighted by molar-refractivity contribution is 9.10. The lowest BCUT2D eigenvalue weighted by atomic mass is 10.3. The Bertz CT molecular complexity index is 584. The third-order valence-electron chi connectivity index (χ3n) is 2.61. The van der Waals surface area contributed by atoms with Crippen molar-refractivity contribution in [2.45, 2.75) is 13.0 Å². The molecule has 0 spiro atoms. The molecule has 0 unspecified atom stereocenters. The lowest BCUT2D eigenvalue weighted by Gasteiger charge is -2.14. The fraction of sp³-hybridized carbons (Fsp3) is 0.133. The lowest BCUT2D eigenvalue weighted by molar-refractivity contribution is -0.122. The van der Waals surface area contributed by atoms with Crippen molar-refractivity contribution in [3.05, 3.63) is 58.0 Å². The second-order valence-electron chi connectivity index (χ2n) is 4.21. The largest absolute Gasteiger partial charge is 0.481 e. The van der Waals surface area contributed by atoms with Crippen LogP contribution in [0, 0.1) is 0 Å². The Morgan fingerprint density at radius 3 is 2.35 bits per heavy atom. The maximum absolute atomic E-state index is 12.0. The van der Waals surface area contributed by atoms with Crippen molar-refractivity contribution in [2.24, 2.45) is 0 Å². The van der Waals surface area contributed by atoms with E-state index in [1.54, 1.807) is 31.2 Å². The topological polar surface area (TPSA) is 38.3 Å². The zero-order valence-corrected chi connectivity index (χ0v) is 13.1. The van der Waals surface area contributed by atoms with Gasteiger partial charge >= 0.3 is 0 Å².